The van der Waals surface area contributed by atoms with Crippen LogP contribution in [0.2, 0.25) is 0 Å². The molecule has 0 bridgehead atoms. The maximum Gasteiger partial charge on any atom is 0.414 e. The number of carbonyl (C=O) groups is 1. The van der Waals surface area contributed by atoms with E-state index in [2.05, 4.69) is 6.92 Å². The Labute approximate surface area is 114 Å². The fourth-order valence-electron chi connectivity index (χ4n) is 2.21. The first kappa shape index (κ1) is 13.4. The van der Waals surface area contributed by atoms with E-state index in [1.807, 2.05) is 55.5 Å². The molecule has 0 saturated heterocycles. The van der Waals surface area contributed by atoms with Crippen LogP contribution in [0.4, 0.5) is 4.79 Å². The Morgan fingerprint density at radius 3 is 2.63 bits per heavy atom. The number of allylic oxidation sites excluding steroid dienone is 2. The van der Waals surface area contributed by atoms with Gasteiger partial charge in [-0.15, -0.1) is 0 Å². The number of carbonyl (C=O) groups excluding carboxylic acids is 1. The van der Waals surface area contributed by atoms with E-state index < -0.39 is 0 Å². The second-order valence-electron chi connectivity index (χ2n) is 4.35. The zero-order valence-electron chi connectivity index (χ0n) is 11.4. The smallest absolute Gasteiger partial charge is 0.414 e. The van der Waals surface area contributed by atoms with Gasteiger partial charge in [-0.25, -0.2) is 4.79 Å². The molecule has 1 amide bonds. The normalized spacial score (nSPS) is 18.1. The van der Waals surface area contributed by atoms with Crippen LogP contribution in [0.5, 0.6) is 0 Å². The van der Waals surface area contributed by atoms with Crippen LogP contribution in [0, 0.1) is 0 Å². The van der Waals surface area contributed by atoms with Crippen molar-refractivity contribution in [1.82, 2.24) is 4.90 Å². The number of nitrogens with zero attached hydrogens (tertiary/aromatic N) is 1. The van der Waals surface area contributed by atoms with Gasteiger partial charge in [-0.1, -0.05) is 49.4 Å². The zero-order valence-corrected chi connectivity index (χ0v) is 11.4. The fraction of sp³-hybridized carbons (Fsp3) is 0.312. The van der Waals surface area contributed by atoms with E-state index in [9.17, 15) is 4.79 Å². The number of amides is 1. The highest BCUT2D eigenvalue weighted by molar-refractivity contribution is 5.84. The van der Waals surface area contributed by atoms with Crippen molar-refractivity contribution in [1.29, 1.82) is 0 Å². The number of benzene rings is 1. The van der Waals surface area contributed by atoms with Gasteiger partial charge >= 0.3 is 6.09 Å². The molecule has 1 aromatic carbocycles. The molecular weight excluding hydrogens is 238 g/mol. The van der Waals surface area contributed by atoms with E-state index in [-0.39, 0.29) is 12.1 Å². The summed E-state index contributed by atoms with van der Waals surface area (Å²) in [7, 11) is 0. The van der Waals surface area contributed by atoms with Gasteiger partial charge in [-0.2, -0.15) is 0 Å². The largest absolute Gasteiger partial charge is 0.449 e. The topological polar surface area (TPSA) is 29.5 Å². The molecule has 2 rings (SSSR count). The highest BCUT2D eigenvalue weighted by Gasteiger charge is 2.27. The van der Waals surface area contributed by atoms with Crippen LogP contribution in [0.25, 0.3) is 5.70 Å². The van der Waals surface area contributed by atoms with Gasteiger partial charge in [0.2, 0.25) is 0 Å². The van der Waals surface area contributed by atoms with Crippen molar-refractivity contribution in [3.05, 3.63) is 54.1 Å². The molecule has 3 nitrogen and oxygen atoms in total. The number of ether oxygens (including phenoxy) is 1. The van der Waals surface area contributed by atoms with Gasteiger partial charge < -0.3 is 4.74 Å². The first-order chi connectivity index (χ1) is 9.27. The molecule has 100 valence electrons. The third kappa shape index (κ3) is 2.87. The standard InChI is InChI=1S/C16H19NO2/c1-3-14-11-8-12-15(13-9-6-5-7-10-13)17(14)16(18)19-4-2/h5-12,14H,3-4H2,1-2H3. The molecule has 1 atom stereocenters. The molecular formula is C16H19NO2. The molecule has 0 spiro atoms. The molecule has 1 aliphatic heterocycles. The lowest BCUT2D eigenvalue weighted by Gasteiger charge is -2.32. The van der Waals surface area contributed by atoms with Gasteiger partial charge in [-0.05, 0) is 25.0 Å². The Morgan fingerprint density at radius 2 is 2.00 bits per heavy atom. The van der Waals surface area contributed by atoms with Crippen LogP contribution in [-0.2, 0) is 4.74 Å². The molecule has 1 unspecified atom stereocenters. The highest BCUT2D eigenvalue weighted by Crippen LogP contribution is 2.27. The fourth-order valence-corrected chi connectivity index (χ4v) is 2.21. The number of rotatable bonds is 3. The van der Waals surface area contributed by atoms with Crippen molar-refractivity contribution in [3.63, 3.8) is 0 Å². The second-order valence-corrected chi connectivity index (χ2v) is 4.35. The predicted molar refractivity (Wildman–Crippen MR) is 76.5 cm³/mol. The zero-order chi connectivity index (χ0) is 13.7. The molecule has 1 aliphatic rings. The summed E-state index contributed by atoms with van der Waals surface area (Å²) in [4.78, 5) is 13.9. The minimum atomic E-state index is -0.284. The van der Waals surface area contributed by atoms with Crippen LogP contribution in [0.1, 0.15) is 25.8 Å². The SMILES string of the molecule is CCOC(=O)N1C(c2ccccc2)=CC=CC1CC. The van der Waals surface area contributed by atoms with E-state index in [1.54, 1.807) is 4.90 Å². The van der Waals surface area contributed by atoms with Crippen molar-refractivity contribution in [3.8, 4) is 0 Å². The highest BCUT2D eigenvalue weighted by atomic mass is 16.6. The van der Waals surface area contributed by atoms with Gasteiger partial charge in [0.1, 0.15) is 0 Å². The van der Waals surface area contributed by atoms with Crippen LogP contribution in [0.15, 0.2) is 48.6 Å². The van der Waals surface area contributed by atoms with Crippen LogP contribution in [-0.4, -0.2) is 23.6 Å². The van der Waals surface area contributed by atoms with E-state index in [0.717, 1.165) is 17.7 Å². The Kier molecular flexibility index (Phi) is 4.39. The summed E-state index contributed by atoms with van der Waals surface area (Å²) in [6, 6.07) is 9.97. The molecule has 3 heteroatoms. The molecule has 0 fully saturated rings. The van der Waals surface area contributed by atoms with Crippen LogP contribution < -0.4 is 0 Å². The predicted octanol–water partition coefficient (Wildman–Crippen LogP) is 3.83. The van der Waals surface area contributed by atoms with Crippen molar-refractivity contribution >= 4 is 11.8 Å². The van der Waals surface area contributed by atoms with Gasteiger partial charge in [0.15, 0.2) is 0 Å². The molecule has 1 heterocycles. The molecule has 0 N–H and O–H groups in total. The van der Waals surface area contributed by atoms with E-state index >= 15 is 0 Å². The van der Waals surface area contributed by atoms with Crippen LogP contribution >= 0.6 is 0 Å². The Balaban J connectivity index is 2.35. The molecule has 0 aromatic heterocycles. The minimum absolute atomic E-state index is 0.0549. The van der Waals surface area contributed by atoms with Gasteiger partial charge in [-0.3, -0.25) is 4.90 Å². The third-order valence-electron chi connectivity index (χ3n) is 3.13. The molecule has 0 saturated carbocycles. The Hall–Kier alpha value is -2.03. The summed E-state index contributed by atoms with van der Waals surface area (Å²) < 4.78 is 5.18. The summed E-state index contributed by atoms with van der Waals surface area (Å²) >= 11 is 0. The monoisotopic (exact) mass is 257 g/mol. The van der Waals surface area contributed by atoms with Gasteiger partial charge in [0.05, 0.1) is 18.3 Å². The van der Waals surface area contributed by atoms with Crippen LogP contribution in [0.3, 0.4) is 0 Å². The Bertz CT molecular complexity index is 491. The minimum Gasteiger partial charge on any atom is -0.449 e. The van der Waals surface area contributed by atoms with Crippen molar-refractivity contribution < 1.29 is 9.53 Å². The lowest BCUT2D eigenvalue weighted by Crippen LogP contribution is -2.39. The third-order valence-corrected chi connectivity index (χ3v) is 3.13. The van der Waals surface area contributed by atoms with Crippen molar-refractivity contribution in [2.75, 3.05) is 6.61 Å². The lowest BCUT2D eigenvalue weighted by atomic mass is 10.0. The number of hydrogen-bond acceptors (Lipinski definition) is 2. The summed E-state index contributed by atoms with van der Waals surface area (Å²) in [5.74, 6) is 0. The van der Waals surface area contributed by atoms with E-state index in [0.29, 0.717) is 6.61 Å². The molecule has 0 radical (unpaired) electrons. The first-order valence-electron chi connectivity index (χ1n) is 6.67. The molecule has 0 aliphatic carbocycles. The maximum atomic E-state index is 12.2. The molecule has 19 heavy (non-hydrogen) atoms. The van der Waals surface area contributed by atoms with Crippen molar-refractivity contribution in [2.24, 2.45) is 0 Å². The summed E-state index contributed by atoms with van der Waals surface area (Å²) in [5.41, 5.74) is 1.92. The summed E-state index contributed by atoms with van der Waals surface area (Å²) in [6.45, 7) is 4.28. The summed E-state index contributed by atoms with van der Waals surface area (Å²) in [6.07, 6.45) is 6.57. The van der Waals surface area contributed by atoms with E-state index in [1.165, 1.54) is 0 Å². The Morgan fingerprint density at radius 1 is 1.26 bits per heavy atom. The quantitative estimate of drug-likeness (QED) is 0.823. The maximum absolute atomic E-state index is 12.2. The summed E-state index contributed by atoms with van der Waals surface area (Å²) in [5, 5.41) is 0. The molecule has 1 aromatic rings. The van der Waals surface area contributed by atoms with E-state index in [4.69, 9.17) is 4.74 Å². The average Bonchev–Trinajstić information content (AvgIpc) is 2.47. The second kappa shape index (κ2) is 6.23. The van der Waals surface area contributed by atoms with Gasteiger partial charge in [0, 0.05) is 0 Å². The van der Waals surface area contributed by atoms with Gasteiger partial charge in [0.25, 0.3) is 0 Å². The first-order valence-corrected chi connectivity index (χ1v) is 6.67. The lowest BCUT2D eigenvalue weighted by molar-refractivity contribution is 0.118. The van der Waals surface area contributed by atoms with Crippen molar-refractivity contribution in [2.45, 2.75) is 26.3 Å². The average molecular weight is 257 g/mol. The number of hydrogen-bond donors (Lipinski definition) is 0.